The average Bonchev–Trinajstić information content (AvgIpc) is 3.39. The second kappa shape index (κ2) is 7.02. The quantitative estimate of drug-likeness (QED) is 0.188. The Balaban J connectivity index is 1.61. The van der Waals surface area contributed by atoms with Gasteiger partial charge < -0.3 is 0 Å². The van der Waals surface area contributed by atoms with Gasteiger partial charge in [0.15, 0.2) is 0 Å². The van der Waals surface area contributed by atoms with E-state index in [1.165, 1.54) is 39.0 Å². The Morgan fingerprint density at radius 2 is 1.67 bits per heavy atom. The summed E-state index contributed by atoms with van der Waals surface area (Å²) in [7, 11) is 20.5. The summed E-state index contributed by atoms with van der Waals surface area (Å²) in [6, 6.07) is 21.4. The molecule has 30 heavy (non-hydrogen) atoms. The van der Waals surface area contributed by atoms with E-state index in [9.17, 15) is 0 Å². The first-order chi connectivity index (χ1) is 14.3. The van der Waals surface area contributed by atoms with Crippen LogP contribution in [0.15, 0.2) is 66.2 Å². The molecule has 0 saturated carbocycles. The molecule has 6 heteroatoms. The number of fused-ring (bicyclic) bond motifs is 6. The first-order valence-corrected chi connectivity index (χ1v) is 24.5. The van der Waals surface area contributed by atoms with E-state index >= 15 is 0 Å². The minimum atomic E-state index is -4.88. The van der Waals surface area contributed by atoms with Crippen molar-refractivity contribution >= 4 is 66.7 Å². The van der Waals surface area contributed by atoms with Gasteiger partial charge in [-0.05, 0) is 0 Å². The monoisotopic (exact) mass is 609 g/mol. The summed E-state index contributed by atoms with van der Waals surface area (Å²) >= 11 is 0.955. The van der Waals surface area contributed by atoms with Gasteiger partial charge in [-0.15, -0.1) is 0 Å². The molecule has 3 aliphatic rings. The van der Waals surface area contributed by atoms with Crippen molar-refractivity contribution < 1.29 is 14.9 Å². The average molecular weight is 613 g/mol. The second-order valence-electron chi connectivity index (χ2n) is 8.31. The Labute approximate surface area is 201 Å². The number of hydrogen-bond acceptors (Lipinski definition) is 2. The van der Waals surface area contributed by atoms with Crippen molar-refractivity contribution in [3.8, 4) is 11.1 Å². The summed E-state index contributed by atoms with van der Waals surface area (Å²) < 4.78 is 2.46. The fourth-order valence-electron chi connectivity index (χ4n) is 5.29. The van der Waals surface area contributed by atoms with Crippen molar-refractivity contribution in [1.29, 1.82) is 0 Å². The normalized spacial score (nSPS) is 22.5. The van der Waals surface area contributed by atoms with Crippen LogP contribution in [-0.2, 0) is 21.4 Å². The molecule has 0 aromatic heterocycles. The van der Waals surface area contributed by atoms with Crippen molar-refractivity contribution in [1.82, 2.24) is 0 Å². The first-order valence-electron chi connectivity index (χ1n) is 9.96. The molecule has 2 atom stereocenters. The third kappa shape index (κ3) is 2.90. The predicted octanol–water partition coefficient (Wildman–Crippen LogP) is 7.00. The zero-order chi connectivity index (χ0) is 20.7. The summed E-state index contributed by atoms with van der Waals surface area (Å²) in [5, 5.41) is 0. The number of rotatable bonds is 2. The van der Waals surface area contributed by atoms with E-state index in [0.29, 0.717) is 10.1 Å². The Bertz CT molecular complexity index is 1260. The van der Waals surface area contributed by atoms with Crippen molar-refractivity contribution in [2.45, 2.75) is 16.5 Å². The van der Waals surface area contributed by atoms with Crippen LogP contribution in [0, 0.1) is 0 Å². The number of hydrogen-bond donors (Lipinski definition) is 1. The van der Waals surface area contributed by atoms with Gasteiger partial charge in [0.25, 0.3) is 0 Å². The Morgan fingerprint density at radius 1 is 0.933 bits per heavy atom. The van der Waals surface area contributed by atoms with Gasteiger partial charge in [-0.3, -0.25) is 0 Å². The van der Waals surface area contributed by atoms with Gasteiger partial charge in [-0.1, -0.05) is 0 Å². The molecule has 2 unspecified atom stereocenters. The fourth-order valence-corrected chi connectivity index (χ4v) is 19.7. The summed E-state index contributed by atoms with van der Waals surface area (Å²) in [6.45, 7) is 0. The number of thioether (sulfide) groups is 1. The molecule has 151 valence electrons. The molecule has 0 bridgehead atoms. The zero-order valence-electron chi connectivity index (χ0n) is 15.9. The van der Waals surface area contributed by atoms with E-state index in [4.69, 9.17) is 26.4 Å². The maximum atomic E-state index is 7.61. The second-order valence-corrected chi connectivity index (χ2v) is 36.9. The van der Waals surface area contributed by atoms with Crippen LogP contribution in [-0.4, -0.2) is 9.91 Å². The first kappa shape index (κ1) is 20.6. The van der Waals surface area contributed by atoms with Gasteiger partial charge in [0.1, 0.15) is 0 Å². The van der Waals surface area contributed by atoms with Gasteiger partial charge in [0.05, 0.1) is 0 Å². The van der Waals surface area contributed by atoms with Crippen LogP contribution in [0.2, 0.25) is 0 Å². The SMILES string of the molecule is [SH][Zr]([Cl])([Cl])([c]1cccc2c1-c1ccccc1C2)[c]1cccc2c1C1C(=C2)CSC1Br. The van der Waals surface area contributed by atoms with Crippen LogP contribution in [0.25, 0.3) is 17.2 Å². The van der Waals surface area contributed by atoms with Crippen LogP contribution in [0.5, 0.6) is 0 Å². The molecule has 0 N–H and O–H groups in total. The molecule has 0 amide bonds. The van der Waals surface area contributed by atoms with Crippen LogP contribution in [0.4, 0.5) is 0 Å². The molecular formula is C24H18BrCl2S2Zr. The Kier molecular flexibility index (Phi) is 4.83. The van der Waals surface area contributed by atoms with Crippen LogP contribution < -0.4 is 6.54 Å². The third-order valence-electron chi connectivity index (χ3n) is 6.60. The number of alkyl halides is 1. The number of halogens is 3. The number of thiol groups is 1. The van der Waals surface area contributed by atoms with E-state index < -0.39 is 14.9 Å². The molecule has 1 saturated heterocycles. The summed E-state index contributed by atoms with van der Waals surface area (Å²) in [4.78, 5) is 0. The minimum absolute atomic E-state index is 0.322. The number of benzene rings is 3. The molecule has 0 radical (unpaired) electrons. The molecule has 0 nitrogen and oxygen atoms in total. The zero-order valence-corrected chi connectivity index (χ0v) is 23.2. The van der Waals surface area contributed by atoms with Gasteiger partial charge in [-0.25, -0.2) is 0 Å². The topological polar surface area (TPSA) is 0 Å². The van der Waals surface area contributed by atoms with Gasteiger partial charge in [0, 0.05) is 0 Å². The third-order valence-corrected chi connectivity index (χ3v) is 23.3. The summed E-state index contributed by atoms with van der Waals surface area (Å²) in [6.07, 6.45) is 3.25. The van der Waals surface area contributed by atoms with E-state index in [-0.39, 0.29) is 0 Å². The standard InChI is InChI=1S/C13H9.C11H8BrS.2ClH.H2S.Zr/c1-3-7-12-10(5-1)9-11-6-2-4-8-13(11)12;12-11-10-8(6-13-11)5-7-3-1-2-4-9(7)10;;;;/h1-7H,9H2;1-3,5,10-11H,6H2;2*1H;1H2;/q;;;;;+3/p-3. The molecule has 3 aromatic rings. The predicted molar refractivity (Wildman–Crippen MR) is 137 cm³/mol. The van der Waals surface area contributed by atoms with Crippen molar-refractivity contribution in [2.24, 2.45) is 0 Å². The van der Waals surface area contributed by atoms with E-state index in [2.05, 4.69) is 82.7 Å². The molecule has 0 spiro atoms. The molecule has 1 aliphatic heterocycles. The van der Waals surface area contributed by atoms with Crippen LogP contribution in [0.3, 0.4) is 0 Å². The van der Waals surface area contributed by atoms with Crippen molar-refractivity contribution in [2.75, 3.05) is 5.75 Å². The maximum absolute atomic E-state index is 7.61. The van der Waals surface area contributed by atoms with Crippen LogP contribution >= 0.6 is 54.1 Å². The van der Waals surface area contributed by atoms with E-state index in [0.717, 1.165) is 18.7 Å². The van der Waals surface area contributed by atoms with E-state index in [1.807, 2.05) is 11.8 Å². The summed E-state index contributed by atoms with van der Waals surface area (Å²) in [5.74, 6) is 1.37. The Hall–Kier alpha value is 0.0431. The van der Waals surface area contributed by atoms with Gasteiger partial charge >= 0.3 is 204 Å². The molecule has 1 fully saturated rings. The molecule has 2 aliphatic carbocycles. The van der Waals surface area contributed by atoms with Crippen molar-refractivity contribution in [3.05, 3.63) is 88.5 Å². The van der Waals surface area contributed by atoms with Gasteiger partial charge in [-0.2, -0.15) is 0 Å². The van der Waals surface area contributed by atoms with Crippen molar-refractivity contribution in [3.63, 3.8) is 0 Å². The molecular weight excluding hydrogens is 594 g/mol. The van der Waals surface area contributed by atoms with Gasteiger partial charge in [0.2, 0.25) is 0 Å². The molecule has 3 aromatic carbocycles. The molecule has 6 rings (SSSR count). The fraction of sp³-hybridized carbons (Fsp3) is 0.167. The van der Waals surface area contributed by atoms with Crippen LogP contribution in [0.1, 0.15) is 28.2 Å². The Morgan fingerprint density at radius 3 is 2.53 bits per heavy atom. The molecule has 1 heterocycles. The summed E-state index contributed by atoms with van der Waals surface area (Å²) in [5.41, 5.74) is 9.08. The van der Waals surface area contributed by atoms with E-state index in [1.54, 1.807) is 0 Å².